The minimum Gasteiger partial charge on any atom is -0.392 e. The molecule has 2 aromatic rings. The first kappa shape index (κ1) is 11.7. The SMILES string of the molecule is CC(C(N)=S)(c1ccccc1)c1ccccn1. The summed E-state index contributed by atoms with van der Waals surface area (Å²) in [5.41, 5.74) is 7.35. The lowest BCUT2D eigenvalue weighted by Gasteiger charge is -2.28. The maximum atomic E-state index is 5.93. The first-order valence-electron chi connectivity index (χ1n) is 5.42. The van der Waals surface area contributed by atoms with Crippen LogP contribution < -0.4 is 5.73 Å². The first-order valence-corrected chi connectivity index (χ1v) is 5.83. The van der Waals surface area contributed by atoms with Gasteiger partial charge in [0, 0.05) is 6.20 Å². The van der Waals surface area contributed by atoms with Crippen molar-refractivity contribution >= 4 is 17.2 Å². The van der Waals surface area contributed by atoms with Crippen molar-refractivity contribution in [2.75, 3.05) is 0 Å². The molecule has 1 atom stereocenters. The van der Waals surface area contributed by atoms with E-state index in [1.54, 1.807) is 6.20 Å². The molecule has 0 bridgehead atoms. The molecule has 1 heterocycles. The summed E-state index contributed by atoms with van der Waals surface area (Å²) in [5.74, 6) is 0. The zero-order valence-corrected chi connectivity index (χ0v) is 10.4. The standard InChI is InChI=1S/C14H14N2S/c1-14(13(15)17,11-7-3-2-4-8-11)12-9-5-6-10-16-12/h2-10H,1H3,(H2,15,17). The molecule has 2 nitrogen and oxygen atoms in total. The van der Waals surface area contributed by atoms with Gasteiger partial charge in [-0.2, -0.15) is 0 Å². The third-order valence-corrected chi connectivity index (χ3v) is 3.43. The molecule has 17 heavy (non-hydrogen) atoms. The molecule has 3 heteroatoms. The average molecular weight is 242 g/mol. The van der Waals surface area contributed by atoms with Crippen molar-refractivity contribution in [2.24, 2.45) is 5.73 Å². The number of hydrogen-bond acceptors (Lipinski definition) is 2. The maximum absolute atomic E-state index is 5.93. The van der Waals surface area contributed by atoms with Gasteiger partial charge in [-0.1, -0.05) is 48.6 Å². The van der Waals surface area contributed by atoms with Gasteiger partial charge in [0.05, 0.1) is 16.1 Å². The van der Waals surface area contributed by atoms with Gasteiger partial charge in [-0.15, -0.1) is 0 Å². The Morgan fingerprint density at radius 1 is 1.12 bits per heavy atom. The van der Waals surface area contributed by atoms with Gasteiger partial charge in [-0.3, -0.25) is 4.98 Å². The van der Waals surface area contributed by atoms with Crippen LogP contribution in [-0.4, -0.2) is 9.97 Å². The Morgan fingerprint density at radius 3 is 2.29 bits per heavy atom. The van der Waals surface area contributed by atoms with Gasteiger partial charge in [-0.05, 0) is 24.6 Å². The molecule has 0 aliphatic heterocycles. The van der Waals surface area contributed by atoms with Crippen LogP contribution in [0.5, 0.6) is 0 Å². The van der Waals surface area contributed by atoms with E-state index < -0.39 is 5.41 Å². The highest BCUT2D eigenvalue weighted by molar-refractivity contribution is 7.80. The number of hydrogen-bond donors (Lipinski definition) is 1. The van der Waals surface area contributed by atoms with Crippen LogP contribution in [0.1, 0.15) is 18.2 Å². The topological polar surface area (TPSA) is 38.9 Å². The Labute approximate surface area is 107 Å². The third kappa shape index (κ3) is 2.06. The summed E-state index contributed by atoms with van der Waals surface area (Å²) in [6.45, 7) is 2.01. The van der Waals surface area contributed by atoms with Crippen molar-refractivity contribution < 1.29 is 0 Å². The maximum Gasteiger partial charge on any atom is 0.0892 e. The number of benzene rings is 1. The molecular formula is C14H14N2S. The van der Waals surface area contributed by atoms with Crippen LogP contribution in [0.3, 0.4) is 0 Å². The molecule has 0 amide bonds. The highest BCUT2D eigenvalue weighted by atomic mass is 32.1. The van der Waals surface area contributed by atoms with Crippen LogP contribution in [0.15, 0.2) is 54.7 Å². The number of rotatable bonds is 3. The van der Waals surface area contributed by atoms with Crippen LogP contribution in [0.4, 0.5) is 0 Å². The Bertz CT molecular complexity index is 469. The number of nitrogens with two attached hydrogens (primary N) is 1. The Kier molecular flexibility index (Phi) is 3.20. The predicted octanol–water partition coefficient (Wildman–Crippen LogP) is 2.67. The summed E-state index contributed by atoms with van der Waals surface area (Å²) in [6.07, 6.45) is 1.76. The van der Waals surface area contributed by atoms with Crippen LogP contribution in [0.25, 0.3) is 0 Å². The Hall–Kier alpha value is -1.74. The van der Waals surface area contributed by atoms with Crippen molar-refractivity contribution in [1.29, 1.82) is 0 Å². The fourth-order valence-electron chi connectivity index (χ4n) is 1.85. The number of thiocarbonyl (C=S) groups is 1. The first-order chi connectivity index (χ1) is 8.15. The highest BCUT2D eigenvalue weighted by Crippen LogP contribution is 2.30. The van der Waals surface area contributed by atoms with Crippen molar-refractivity contribution in [3.8, 4) is 0 Å². The molecule has 0 radical (unpaired) electrons. The fraction of sp³-hybridized carbons (Fsp3) is 0.143. The lowest BCUT2D eigenvalue weighted by Crippen LogP contribution is -2.38. The normalized spacial score (nSPS) is 13.9. The van der Waals surface area contributed by atoms with E-state index in [4.69, 9.17) is 18.0 Å². The molecule has 0 aliphatic carbocycles. The predicted molar refractivity (Wildman–Crippen MR) is 73.9 cm³/mol. The lowest BCUT2D eigenvalue weighted by atomic mass is 9.79. The highest BCUT2D eigenvalue weighted by Gasteiger charge is 2.33. The van der Waals surface area contributed by atoms with Gasteiger partial charge in [0.1, 0.15) is 0 Å². The molecule has 86 valence electrons. The van der Waals surface area contributed by atoms with Gasteiger partial charge in [0.2, 0.25) is 0 Å². The van der Waals surface area contributed by atoms with Crippen molar-refractivity contribution in [1.82, 2.24) is 4.98 Å². The van der Waals surface area contributed by atoms with E-state index >= 15 is 0 Å². The molecule has 1 aromatic carbocycles. The van der Waals surface area contributed by atoms with Crippen molar-refractivity contribution in [3.63, 3.8) is 0 Å². The minimum atomic E-state index is -0.516. The lowest BCUT2D eigenvalue weighted by molar-refractivity contribution is 0.742. The van der Waals surface area contributed by atoms with Gasteiger partial charge < -0.3 is 5.73 Å². The summed E-state index contributed by atoms with van der Waals surface area (Å²) in [7, 11) is 0. The van der Waals surface area contributed by atoms with Crippen LogP contribution in [0.2, 0.25) is 0 Å². The molecule has 1 aromatic heterocycles. The molecule has 0 spiro atoms. The zero-order valence-electron chi connectivity index (χ0n) is 9.63. The quantitative estimate of drug-likeness (QED) is 0.841. The summed E-state index contributed by atoms with van der Waals surface area (Å²) in [5, 5.41) is 0. The Morgan fingerprint density at radius 2 is 1.76 bits per heavy atom. The second-order valence-corrected chi connectivity index (χ2v) is 4.51. The molecule has 0 fully saturated rings. The zero-order chi connectivity index (χ0) is 12.3. The van der Waals surface area contributed by atoms with Crippen LogP contribution >= 0.6 is 12.2 Å². The van der Waals surface area contributed by atoms with Crippen molar-refractivity contribution in [2.45, 2.75) is 12.3 Å². The summed E-state index contributed by atoms with van der Waals surface area (Å²) in [4.78, 5) is 4.81. The van der Waals surface area contributed by atoms with Crippen LogP contribution in [-0.2, 0) is 5.41 Å². The number of pyridine rings is 1. The van der Waals surface area contributed by atoms with E-state index in [9.17, 15) is 0 Å². The second kappa shape index (κ2) is 4.63. The number of nitrogens with zero attached hydrogens (tertiary/aromatic N) is 1. The molecule has 0 saturated heterocycles. The summed E-state index contributed by atoms with van der Waals surface area (Å²) >= 11 is 5.23. The monoisotopic (exact) mass is 242 g/mol. The minimum absolute atomic E-state index is 0.433. The molecule has 2 rings (SSSR count). The average Bonchev–Trinajstić information content (AvgIpc) is 2.39. The van der Waals surface area contributed by atoms with Gasteiger partial charge in [0.25, 0.3) is 0 Å². The summed E-state index contributed by atoms with van der Waals surface area (Å²) < 4.78 is 0. The largest absolute Gasteiger partial charge is 0.392 e. The van der Waals surface area contributed by atoms with Gasteiger partial charge in [0.15, 0.2) is 0 Å². The Balaban J connectivity index is 2.59. The van der Waals surface area contributed by atoms with E-state index in [0.29, 0.717) is 4.99 Å². The smallest absolute Gasteiger partial charge is 0.0892 e. The molecule has 2 N–H and O–H groups in total. The fourth-order valence-corrected chi connectivity index (χ4v) is 2.07. The molecule has 0 aliphatic rings. The van der Waals surface area contributed by atoms with Crippen molar-refractivity contribution in [3.05, 3.63) is 66.0 Å². The van der Waals surface area contributed by atoms with E-state index in [-0.39, 0.29) is 0 Å². The van der Waals surface area contributed by atoms with E-state index in [0.717, 1.165) is 11.3 Å². The summed E-state index contributed by atoms with van der Waals surface area (Å²) in [6, 6.07) is 15.8. The molecule has 1 unspecified atom stereocenters. The van der Waals surface area contributed by atoms with E-state index in [1.807, 2.05) is 55.5 Å². The van der Waals surface area contributed by atoms with E-state index in [2.05, 4.69) is 4.98 Å². The van der Waals surface area contributed by atoms with Crippen LogP contribution in [0, 0.1) is 0 Å². The third-order valence-electron chi connectivity index (χ3n) is 3.02. The second-order valence-electron chi connectivity index (χ2n) is 4.07. The van der Waals surface area contributed by atoms with E-state index in [1.165, 1.54) is 0 Å². The van der Waals surface area contributed by atoms with Gasteiger partial charge >= 0.3 is 0 Å². The van der Waals surface area contributed by atoms with Gasteiger partial charge in [-0.25, -0.2) is 0 Å². The molecule has 0 saturated carbocycles. The number of aromatic nitrogens is 1. The molecular weight excluding hydrogens is 228 g/mol.